The second-order valence-corrected chi connectivity index (χ2v) is 4.05. The van der Waals surface area contributed by atoms with Gasteiger partial charge in [0.2, 0.25) is 5.91 Å². The van der Waals surface area contributed by atoms with Crippen molar-refractivity contribution in [3.05, 3.63) is 77.7 Å². The van der Waals surface area contributed by atoms with Crippen molar-refractivity contribution in [2.75, 3.05) is 0 Å². The number of benzene rings is 2. The largest absolute Gasteiger partial charge is 0.366 e. The average molecular weight is 239 g/mol. The predicted octanol–water partition coefficient (Wildman–Crippen LogP) is 2.04. The third-order valence-electron chi connectivity index (χ3n) is 2.76. The van der Waals surface area contributed by atoms with E-state index in [1.807, 2.05) is 48.9 Å². The quantitative estimate of drug-likeness (QED) is 0.857. The van der Waals surface area contributed by atoms with Crippen molar-refractivity contribution < 1.29 is 4.79 Å². The van der Waals surface area contributed by atoms with Gasteiger partial charge >= 0.3 is 0 Å². The molecule has 4 N–H and O–H groups in total. The normalized spacial score (nSPS) is 12.1. The number of amides is 1. The molecule has 3 heteroatoms. The summed E-state index contributed by atoms with van der Waals surface area (Å²) in [4.78, 5) is 11.3. The number of nitrogens with two attached hydrogens (primary N) is 2. The number of rotatable bonds is 4. The molecule has 0 aromatic heterocycles. The van der Waals surface area contributed by atoms with E-state index in [-0.39, 0.29) is 6.04 Å². The minimum Gasteiger partial charge on any atom is -0.366 e. The SMILES string of the molecule is NC(=O)c1ccccc1C(N)[CH]c1ccccc1. The molecule has 2 aromatic rings. The molecule has 1 radical (unpaired) electrons. The minimum absolute atomic E-state index is 0.351. The summed E-state index contributed by atoms with van der Waals surface area (Å²) >= 11 is 0. The van der Waals surface area contributed by atoms with Crippen LogP contribution in [0.4, 0.5) is 0 Å². The van der Waals surface area contributed by atoms with Crippen LogP contribution in [0.3, 0.4) is 0 Å². The number of carbonyl (C=O) groups is 1. The van der Waals surface area contributed by atoms with Crippen LogP contribution in [0.1, 0.15) is 27.5 Å². The lowest BCUT2D eigenvalue weighted by atomic mass is 9.95. The summed E-state index contributed by atoms with van der Waals surface area (Å²) in [5.74, 6) is -0.456. The third kappa shape index (κ3) is 2.76. The molecule has 0 saturated heterocycles. The van der Waals surface area contributed by atoms with E-state index in [1.54, 1.807) is 12.1 Å². The van der Waals surface area contributed by atoms with Gasteiger partial charge in [-0.2, -0.15) is 0 Å². The smallest absolute Gasteiger partial charge is 0.249 e. The van der Waals surface area contributed by atoms with Crippen LogP contribution < -0.4 is 11.5 Å². The zero-order valence-corrected chi connectivity index (χ0v) is 9.91. The molecule has 0 aliphatic heterocycles. The first kappa shape index (κ1) is 12.3. The number of hydrogen-bond acceptors (Lipinski definition) is 2. The Morgan fingerprint density at radius 3 is 2.28 bits per heavy atom. The van der Waals surface area contributed by atoms with Crippen molar-refractivity contribution in [1.82, 2.24) is 0 Å². The Hall–Kier alpha value is -2.13. The highest BCUT2D eigenvalue weighted by molar-refractivity contribution is 5.94. The van der Waals surface area contributed by atoms with Crippen LogP contribution in [0.25, 0.3) is 0 Å². The number of hydrogen-bond donors (Lipinski definition) is 2. The molecule has 3 nitrogen and oxygen atoms in total. The Morgan fingerprint density at radius 1 is 1.00 bits per heavy atom. The van der Waals surface area contributed by atoms with E-state index in [9.17, 15) is 4.79 Å². The van der Waals surface area contributed by atoms with E-state index in [4.69, 9.17) is 11.5 Å². The van der Waals surface area contributed by atoms with Crippen LogP contribution in [0, 0.1) is 6.42 Å². The fourth-order valence-electron chi connectivity index (χ4n) is 1.87. The van der Waals surface area contributed by atoms with Crippen molar-refractivity contribution in [3.63, 3.8) is 0 Å². The van der Waals surface area contributed by atoms with E-state index >= 15 is 0 Å². The van der Waals surface area contributed by atoms with Crippen LogP contribution in [0.15, 0.2) is 54.6 Å². The van der Waals surface area contributed by atoms with E-state index in [2.05, 4.69) is 0 Å². The van der Waals surface area contributed by atoms with Crippen LogP contribution in [-0.4, -0.2) is 5.91 Å². The molecule has 1 amide bonds. The second kappa shape index (κ2) is 5.47. The van der Waals surface area contributed by atoms with Gasteiger partial charge in [-0.3, -0.25) is 4.79 Å². The molecule has 2 aromatic carbocycles. The first-order valence-corrected chi connectivity index (χ1v) is 5.72. The van der Waals surface area contributed by atoms with Crippen molar-refractivity contribution in [2.45, 2.75) is 6.04 Å². The Kier molecular flexibility index (Phi) is 3.75. The lowest BCUT2D eigenvalue weighted by molar-refractivity contribution is 0.0999. The lowest BCUT2D eigenvalue weighted by Gasteiger charge is -2.14. The van der Waals surface area contributed by atoms with Crippen LogP contribution in [-0.2, 0) is 0 Å². The zero-order chi connectivity index (χ0) is 13.0. The standard InChI is InChI=1S/C15H15N2O/c16-14(10-11-6-2-1-3-7-11)12-8-4-5-9-13(12)15(17)18/h1-10,14H,16H2,(H2,17,18). The van der Waals surface area contributed by atoms with Gasteiger partial charge in [-0.05, 0) is 17.2 Å². The summed E-state index contributed by atoms with van der Waals surface area (Å²) in [6.07, 6.45) is 1.90. The second-order valence-electron chi connectivity index (χ2n) is 4.05. The van der Waals surface area contributed by atoms with Crippen molar-refractivity contribution >= 4 is 5.91 Å². The molecule has 18 heavy (non-hydrogen) atoms. The molecular weight excluding hydrogens is 224 g/mol. The lowest BCUT2D eigenvalue weighted by Crippen LogP contribution is -2.19. The zero-order valence-electron chi connectivity index (χ0n) is 9.91. The first-order chi connectivity index (χ1) is 8.68. The van der Waals surface area contributed by atoms with Gasteiger partial charge in [0.05, 0.1) is 0 Å². The number of primary amides is 1. The van der Waals surface area contributed by atoms with Crippen molar-refractivity contribution in [2.24, 2.45) is 11.5 Å². The molecule has 0 spiro atoms. The summed E-state index contributed by atoms with van der Waals surface area (Å²) in [7, 11) is 0. The van der Waals surface area contributed by atoms with Gasteiger partial charge in [0.15, 0.2) is 0 Å². The summed E-state index contributed by atoms with van der Waals surface area (Å²) in [5.41, 5.74) is 13.7. The Labute approximate surface area is 106 Å². The maximum absolute atomic E-state index is 11.3. The average Bonchev–Trinajstić information content (AvgIpc) is 2.40. The van der Waals surface area contributed by atoms with Crippen LogP contribution in [0.5, 0.6) is 0 Å². The Morgan fingerprint density at radius 2 is 1.61 bits per heavy atom. The summed E-state index contributed by atoms with van der Waals surface area (Å²) in [6.45, 7) is 0. The molecule has 0 bridgehead atoms. The van der Waals surface area contributed by atoms with E-state index in [1.165, 1.54) is 0 Å². The van der Waals surface area contributed by atoms with E-state index < -0.39 is 5.91 Å². The third-order valence-corrected chi connectivity index (χ3v) is 2.76. The topological polar surface area (TPSA) is 69.1 Å². The fourth-order valence-corrected chi connectivity index (χ4v) is 1.87. The van der Waals surface area contributed by atoms with Gasteiger partial charge in [0.25, 0.3) is 0 Å². The van der Waals surface area contributed by atoms with Crippen LogP contribution >= 0.6 is 0 Å². The van der Waals surface area contributed by atoms with Crippen LogP contribution in [0.2, 0.25) is 0 Å². The maximum Gasteiger partial charge on any atom is 0.249 e. The summed E-state index contributed by atoms with van der Waals surface area (Å²) < 4.78 is 0. The molecule has 0 aliphatic carbocycles. The maximum atomic E-state index is 11.3. The van der Waals surface area contributed by atoms with Crippen molar-refractivity contribution in [3.8, 4) is 0 Å². The van der Waals surface area contributed by atoms with Crippen molar-refractivity contribution in [1.29, 1.82) is 0 Å². The first-order valence-electron chi connectivity index (χ1n) is 5.72. The molecule has 0 saturated carbocycles. The molecule has 0 heterocycles. The highest BCUT2D eigenvalue weighted by Crippen LogP contribution is 2.21. The number of carbonyl (C=O) groups excluding carboxylic acids is 1. The fraction of sp³-hybridized carbons (Fsp3) is 0.0667. The highest BCUT2D eigenvalue weighted by Gasteiger charge is 2.14. The molecule has 1 atom stereocenters. The molecule has 0 aliphatic rings. The van der Waals surface area contributed by atoms with Gasteiger partial charge < -0.3 is 11.5 Å². The van der Waals surface area contributed by atoms with Gasteiger partial charge in [-0.25, -0.2) is 0 Å². The monoisotopic (exact) mass is 239 g/mol. The molecule has 1 unspecified atom stereocenters. The predicted molar refractivity (Wildman–Crippen MR) is 71.7 cm³/mol. The summed E-state index contributed by atoms with van der Waals surface area (Å²) in [6, 6.07) is 16.5. The van der Waals surface area contributed by atoms with E-state index in [0.717, 1.165) is 11.1 Å². The summed E-state index contributed by atoms with van der Waals surface area (Å²) in [5, 5.41) is 0. The Balaban J connectivity index is 2.24. The minimum atomic E-state index is -0.456. The van der Waals surface area contributed by atoms with Gasteiger partial charge in [-0.1, -0.05) is 48.5 Å². The van der Waals surface area contributed by atoms with Gasteiger partial charge in [-0.15, -0.1) is 0 Å². The highest BCUT2D eigenvalue weighted by atomic mass is 16.1. The van der Waals surface area contributed by atoms with Gasteiger partial charge in [0.1, 0.15) is 0 Å². The molecule has 91 valence electrons. The molecule has 2 rings (SSSR count). The van der Waals surface area contributed by atoms with E-state index in [0.29, 0.717) is 5.56 Å². The Bertz CT molecular complexity index is 537. The van der Waals surface area contributed by atoms with Gasteiger partial charge in [0, 0.05) is 18.0 Å². The molecular formula is C15H15N2O. The molecule has 0 fully saturated rings.